The number of halogens is 1. The van der Waals surface area contributed by atoms with Crippen LogP contribution in [0.15, 0.2) is 58.4 Å². The van der Waals surface area contributed by atoms with E-state index in [0.717, 1.165) is 53.7 Å². The summed E-state index contributed by atoms with van der Waals surface area (Å²) in [4.78, 5) is 30.6. The van der Waals surface area contributed by atoms with Crippen LogP contribution in [-0.2, 0) is 23.1 Å². The number of nitro benzene ring substituents is 1. The number of benzene rings is 2. The van der Waals surface area contributed by atoms with Crippen LogP contribution in [0, 0.1) is 16.0 Å². The highest BCUT2D eigenvalue weighted by molar-refractivity contribution is 9.10. The highest BCUT2D eigenvalue weighted by Crippen LogP contribution is 2.65. The first-order valence-electron chi connectivity index (χ1n) is 14.4. The van der Waals surface area contributed by atoms with E-state index in [1.54, 1.807) is 22.3 Å². The van der Waals surface area contributed by atoms with Gasteiger partial charge in [-0.25, -0.2) is 0 Å². The van der Waals surface area contributed by atoms with Gasteiger partial charge in [0, 0.05) is 57.0 Å². The van der Waals surface area contributed by atoms with E-state index in [1.807, 2.05) is 30.6 Å². The second-order valence-corrected chi connectivity index (χ2v) is 13.8. The van der Waals surface area contributed by atoms with Crippen molar-refractivity contribution in [1.29, 1.82) is 0 Å². The summed E-state index contributed by atoms with van der Waals surface area (Å²) in [6.07, 6.45) is 6.96. The molecule has 2 bridgehead atoms. The van der Waals surface area contributed by atoms with Gasteiger partial charge in [0.25, 0.3) is 5.69 Å². The summed E-state index contributed by atoms with van der Waals surface area (Å²) in [6, 6.07) is 13.6. The van der Waals surface area contributed by atoms with Crippen LogP contribution in [0.3, 0.4) is 0 Å². The van der Waals surface area contributed by atoms with E-state index < -0.39 is 5.41 Å². The van der Waals surface area contributed by atoms with Crippen LogP contribution in [0.1, 0.15) is 40.8 Å². The van der Waals surface area contributed by atoms with Gasteiger partial charge in [-0.05, 0) is 78.2 Å². The Kier molecular flexibility index (Phi) is 6.90. The van der Waals surface area contributed by atoms with Gasteiger partial charge in [0.15, 0.2) is 11.5 Å². The molecule has 7 rings (SSSR count). The second-order valence-electron chi connectivity index (χ2n) is 11.9. The molecule has 1 saturated carbocycles. The Hall–Kier alpha value is -3.21. The molecule has 3 aromatic rings. The van der Waals surface area contributed by atoms with Gasteiger partial charge in [-0.1, -0.05) is 30.3 Å². The highest BCUT2D eigenvalue weighted by atomic mass is 79.9. The van der Waals surface area contributed by atoms with Crippen molar-refractivity contribution in [2.45, 2.75) is 55.7 Å². The van der Waals surface area contributed by atoms with Crippen molar-refractivity contribution in [3.63, 3.8) is 0 Å². The van der Waals surface area contributed by atoms with Crippen molar-refractivity contribution in [2.75, 3.05) is 20.1 Å². The molecule has 2 aromatic carbocycles. The van der Waals surface area contributed by atoms with Crippen LogP contribution in [0.25, 0.3) is 6.08 Å². The molecule has 3 heterocycles. The summed E-state index contributed by atoms with van der Waals surface area (Å²) >= 11 is 5.02. The zero-order valence-electron chi connectivity index (χ0n) is 23.2. The molecule has 2 aliphatic carbocycles. The minimum atomic E-state index is -0.486. The SMILES string of the molecule is CN(C(=O)/C=C/c1cc(Br)cs1)[C@@H]1CC[C@H]2[C@H]3Cc4c([N+](=O)[O-])cc(O)c5c4[C@@]2(CCN3CCc2ccccc2)[C@H]1O5. The number of piperidine rings is 1. The summed E-state index contributed by atoms with van der Waals surface area (Å²) in [5.74, 6) is 0.320. The van der Waals surface area contributed by atoms with Gasteiger partial charge in [-0.3, -0.25) is 19.8 Å². The van der Waals surface area contributed by atoms with E-state index in [1.165, 1.54) is 11.6 Å². The average molecular weight is 651 g/mol. The smallest absolute Gasteiger partial charge is 0.276 e. The first-order valence-corrected chi connectivity index (χ1v) is 16.1. The lowest BCUT2D eigenvalue weighted by Crippen LogP contribution is -2.69. The predicted octanol–water partition coefficient (Wildman–Crippen LogP) is 5.95. The molecular formula is C32H32BrN3O5S. The van der Waals surface area contributed by atoms with Crippen molar-refractivity contribution in [2.24, 2.45) is 5.92 Å². The lowest BCUT2D eigenvalue weighted by atomic mass is 9.50. The van der Waals surface area contributed by atoms with Crippen LogP contribution in [0.5, 0.6) is 11.5 Å². The Labute approximate surface area is 256 Å². The topological polar surface area (TPSA) is 96.2 Å². The monoisotopic (exact) mass is 649 g/mol. The number of nitrogens with zero attached hydrogens (tertiary/aromatic N) is 3. The van der Waals surface area contributed by atoms with E-state index in [0.29, 0.717) is 17.7 Å². The Morgan fingerprint density at radius 1 is 1.31 bits per heavy atom. The summed E-state index contributed by atoms with van der Waals surface area (Å²) in [7, 11) is 1.82. The van der Waals surface area contributed by atoms with Gasteiger partial charge in [-0.15, -0.1) is 11.3 Å². The molecule has 5 atom stereocenters. The fraction of sp³-hybridized carbons (Fsp3) is 0.406. The normalized spacial score (nSPS) is 27.5. The number of phenolic OH excluding ortho intramolecular Hbond substituents is 1. The van der Waals surface area contributed by atoms with Crippen LogP contribution in [-0.4, -0.2) is 64.1 Å². The van der Waals surface area contributed by atoms with Gasteiger partial charge < -0.3 is 14.7 Å². The Morgan fingerprint density at radius 3 is 2.86 bits per heavy atom. The molecule has 2 fully saturated rings. The number of thiophene rings is 1. The molecule has 10 heteroatoms. The first-order chi connectivity index (χ1) is 20.3. The van der Waals surface area contributed by atoms with E-state index in [9.17, 15) is 20.0 Å². The molecule has 0 unspecified atom stereocenters. The lowest BCUT2D eigenvalue weighted by molar-refractivity contribution is -0.385. The molecular weight excluding hydrogens is 618 g/mol. The molecule has 1 amide bonds. The van der Waals surface area contributed by atoms with Crippen LogP contribution in [0.4, 0.5) is 5.69 Å². The number of ether oxygens (including phenoxy) is 1. The zero-order chi connectivity index (χ0) is 29.2. The minimum Gasteiger partial charge on any atom is -0.504 e. The van der Waals surface area contributed by atoms with Gasteiger partial charge in [0.05, 0.1) is 17.0 Å². The molecule has 2 aliphatic heterocycles. The Balaban J connectivity index is 1.24. The van der Waals surface area contributed by atoms with Crippen molar-refractivity contribution >= 4 is 44.9 Å². The number of carbonyl (C=O) groups is 1. The molecule has 8 nitrogen and oxygen atoms in total. The van der Waals surface area contributed by atoms with Gasteiger partial charge in [-0.2, -0.15) is 0 Å². The largest absolute Gasteiger partial charge is 0.504 e. The molecule has 1 spiro atoms. The second kappa shape index (κ2) is 10.5. The third-order valence-corrected chi connectivity index (χ3v) is 11.7. The summed E-state index contributed by atoms with van der Waals surface area (Å²) in [6.45, 7) is 1.72. The number of likely N-dealkylation sites (tertiary alicyclic amines) is 1. The molecule has 1 saturated heterocycles. The number of nitro groups is 1. The maximum absolute atomic E-state index is 13.4. The van der Waals surface area contributed by atoms with Crippen LogP contribution < -0.4 is 4.74 Å². The molecule has 0 radical (unpaired) electrons. The molecule has 1 N–H and O–H groups in total. The zero-order valence-corrected chi connectivity index (χ0v) is 25.6. The number of phenols is 1. The Morgan fingerprint density at radius 2 is 2.12 bits per heavy atom. The van der Waals surface area contributed by atoms with Crippen LogP contribution in [0.2, 0.25) is 0 Å². The summed E-state index contributed by atoms with van der Waals surface area (Å²) in [5.41, 5.74) is 2.28. The maximum Gasteiger partial charge on any atom is 0.276 e. The Bertz CT molecular complexity index is 1590. The predicted molar refractivity (Wildman–Crippen MR) is 165 cm³/mol. The molecule has 4 aliphatic rings. The molecule has 42 heavy (non-hydrogen) atoms. The van der Waals surface area contributed by atoms with Crippen molar-refractivity contribution in [3.8, 4) is 11.5 Å². The van der Waals surface area contributed by atoms with E-state index in [2.05, 4.69) is 45.1 Å². The maximum atomic E-state index is 13.4. The van der Waals surface area contributed by atoms with Crippen molar-refractivity contribution in [3.05, 3.63) is 90.1 Å². The number of rotatable bonds is 7. The van der Waals surface area contributed by atoms with Crippen molar-refractivity contribution in [1.82, 2.24) is 9.80 Å². The number of amides is 1. The third kappa shape index (κ3) is 4.29. The van der Waals surface area contributed by atoms with Gasteiger partial charge in [0.2, 0.25) is 5.91 Å². The quantitative estimate of drug-likeness (QED) is 0.193. The standard InChI is InChI=1S/C32H32BrN3O5S/c1-34(28(38)10-7-21-15-20(33)18-42-21)24-9-8-23-26-16-22-25(36(39)40)17-27(37)30-29(22)32(23,31(24)41-30)12-14-35(26)13-11-19-5-3-2-4-6-19/h2-7,10,15,17-18,23-24,26,31,37H,8-9,11-14,16H2,1H3/b10-7+/t23-,24+,26+,31-,32-/m0/s1. The summed E-state index contributed by atoms with van der Waals surface area (Å²) < 4.78 is 7.63. The third-order valence-electron chi connectivity index (χ3n) is 10.1. The average Bonchev–Trinajstić information content (AvgIpc) is 3.56. The number of hydrogen-bond acceptors (Lipinski definition) is 7. The minimum absolute atomic E-state index is 0.0279. The summed E-state index contributed by atoms with van der Waals surface area (Å²) in [5, 5.41) is 25.2. The van der Waals surface area contributed by atoms with Gasteiger partial charge >= 0.3 is 0 Å². The number of hydrogen-bond donors (Lipinski definition) is 1. The van der Waals surface area contributed by atoms with Crippen LogP contribution >= 0.6 is 27.3 Å². The number of likely N-dealkylation sites (N-methyl/N-ethyl adjacent to an activating group) is 1. The van der Waals surface area contributed by atoms with E-state index >= 15 is 0 Å². The fourth-order valence-electron chi connectivity index (χ4n) is 8.27. The molecule has 1 aromatic heterocycles. The fourth-order valence-corrected chi connectivity index (χ4v) is 9.60. The lowest BCUT2D eigenvalue weighted by Gasteiger charge is -2.60. The number of aromatic hydroxyl groups is 1. The van der Waals surface area contributed by atoms with Gasteiger partial charge in [0.1, 0.15) is 6.10 Å². The number of carbonyl (C=O) groups excluding carboxylic acids is 1. The highest BCUT2D eigenvalue weighted by Gasteiger charge is 2.67. The first kappa shape index (κ1) is 27.6. The molecule has 218 valence electrons. The van der Waals surface area contributed by atoms with E-state index in [-0.39, 0.29) is 46.4 Å². The van der Waals surface area contributed by atoms with Crippen molar-refractivity contribution < 1.29 is 19.6 Å². The van der Waals surface area contributed by atoms with E-state index in [4.69, 9.17) is 4.74 Å².